The third-order valence-electron chi connectivity index (χ3n) is 5.78. The topological polar surface area (TPSA) is 113 Å². The van der Waals surface area contributed by atoms with Crippen molar-refractivity contribution in [3.05, 3.63) is 59.7 Å². The van der Waals surface area contributed by atoms with Gasteiger partial charge in [-0.3, -0.25) is 4.79 Å². The smallest absolute Gasteiger partial charge is 0.337 e. The first-order chi connectivity index (χ1) is 14.9. The van der Waals surface area contributed by atoms with Crippen molar-refractivity contribution in [2.75, 3.05) is 19.6 Å². The highest BCUT2D eigenvalue weighted by Gasteiger charge is 2.34. The molecule has 2 aliphatic heterocycles. The molecule has 4 rings (SSSR count). The molecule has 0 aliphatic carbocycles. The number of nitrogens with zero attached hydrogens (tertiary/aromatic N) is 1. The van der Waals surface area contributed by atoms with Crippen molar-refractivity contribution >= 4 is 21.9 Å². The number of amides is 1. The van der Waals surface area contributed by atoms with Crippen LogP contribution in [-0.2, 0) is 21.2 Å². The summed E-state index contributed by atoms with van der Waals surface area (Å²) in [5.41, 5.74) is 0.877. The van der Waals surface area contributed by atoms with E-state index in [-0.39, 0.29) is 41.5 Å². The van der Waals surface area contributed by atoms with Crippen molar-refractivity contribution in [2.24, 2.45) is 5.92 Å². The van der Waals surface area contributed by atoms with E-state index in [1.54, 1.807) is 0 Å². The summed E-state index contributed by atoms with van der Waals surface area (Å²) in [4.78, 5) is 23.8. The van der Waals surface area contributed by atoms with E-state index in [1.807, 2.05) is 24.3 Å². The lowest BCUT2D eigenvalue weighted by Gasteiger charge is -2.31. The first kappa shape index (κ1) is 21.3. The molecule has 1 unspecified atom stereocenters. The number of ether oxygens (including phenoxy) is 1. The van der Waals surface area contributed by atoms with Crippen LogP contribution in [0.15, 0.2) is 53.4 Å². The highest BCUT2D eigenvalue weighted by Crippen LogP contribution is 2.28. The Balaban J connectivity index is 1.31. The summed E-state index contributed by atoms with van der Waals surface area (Å²) < 4.78 is 33.0. The zero-order chi connectivity index (χ0) is 22.0. The van der Waals surface area contributed by atoms with Gasteiger partial charge in [-0.05, 0) is 36.6 Å². The number of nitrogens with one attached hydrogen (secondary N) is 1. The Morgan fingerprint density at radius 3 is 2.45 bits per heavy atom. The lowest BCUT2D eigenvalue weighted by molar-refractivity contribution is -0.126. The fourth-order valence-corrected chi connectivity index (χ4v) is 5.75. The number of carbonyl (C=O) groups excluding carboxylic acids is 1. The summed E-state index contributed by atoms with van der Waals surface area (Å²) in [5.74, 6) is -0.834. The molecule has 0 radical (unpaired) electrons. The van der Waals surface area contributed by atoms with Crippen molar-refractivity contribution in [3.8, 4) is 5.75 Å². The van der Waals surface area contributed by atoms with Crippen molar-refractivity contribution in [2.45, 2.75) is 30.3 Å². The van der Waals surface area contributed by atoms with Crippen LogP contribution in [0.4, 0.5) is 0 Å². The average Bonchev–Trinajstić information content (AvgIpc) is 3.20. The Labute approximate surface area is 180 Å². The monoisotopic (exact) mass is 444 g/mol. The molecular weight excluding hydrogens is 420 g/mol. The predicted molar refractivity (Wildman–Crippen MR) is 112 cm³/mol. The molecule has 0 aromatic heterocycles. The van der Waals surface area contributed by atoms with E-state index in [1.165, 1.54) is 28.6 Å². The van der Waals surface area contributed by atoms with Crippen molar-refractivity contribution in [3.63, 3.8) is 0 Å². The fourth-order valence-electron chi connectivity index (χ4n) is 4.09. The molecule has 1 atom stereocenters. The summed E-state index contributed by atoms with van der Waals surface area (Å²) in [6.07, 6.45) is 1.41. The molecule has 2 aliphatic rings. The van der Waals surface area contributed by atoms with Gasteiger partial charge in [0, 0.05) is 25.4 Å². The Morgan fingerprint density at radius 1 is 1.06 bits per heavy atom. The van der Waals surface area contributed by atoms with Crippen LogP contribution in [0.5, 0.6) is 5.75 Å². The maximum Gasteiger partial charge on any atom is 0.337 e. The van der Waals surface area contributed by atoms with E-state index >= 15 is 0 Å². The Bertz CT molecular complexity index is 1070. The maximum atomic E-state index is 12.9. The summed E-state index contributed by atoms with van der Waals surface area (Å²) in [7, 11) is -3.94. The van der Waals surface area contributed by atoms with Crippen LogP contribution < -0.4 is 10.1 Å². The molecule has 9 heteroatoms. The molecule has 2 heterocycles. The van der Waals surface area contributed by atoms with E-state index in [2.05, 4.69) is 5.32 Å². The molecule has 0 saturated carbocycles. The SMILES string of the molecule is O=C(O)c1ccccc1S(=O)(=O)N1CCC(C(=O)NCC2Cc3ccccc3O2)CC1. The van der Waals surface area contributed by atoms with Gasteiger partial charge in [-0.15, -0.1) is 0 Å². The molecule has 1 fully saturated rings. The van der Waals surface area contributed by atoms with Gasteiger partial charge in [0.2, 0.25) is 15.9 Å². The number of hydrogen-bond acceptors (Lipinski definition) is 5. The van der Waals surface area contributed by atoms with Gasteiger partial charge < -0.3 is 15.2 Å². The molecule has 0 spiro atoms. The molecule has 1 amide bonds. The second kappa shape index (κ2) is 8.68. The molecule has 0 bridgehead atoms. The van der Waals surface area contributed by atoms with E-state index in [0.717, 1.165) is 17.7 Å². The standard InChI is InChI=1S/C22H24N2O6S/c25-21(23-14-17-13-16-5-1-3-7-19(16)30-17)15-9-11-24(12-10-15)31(28,29)20-8-4-2-6-18(20)22(26)27/h1-8,15,17H,9-14H2,(H,23,25)(H,26,27). The van der Waals surface area contributed by atoms with Crippen molar-refractivity contribution < 1.29 is 27.9 Å². The van der Waals surface area contributed by atoms with Crippen LogP contribution in [0.2, 0.25) is 0 Å². The minimum absolute atomic E-state index is 0.102. The van der Waals surface area contributed by atoms with Crippen LogP contribution in [-0.4, -0.2) is 55.4 Å². The predicted octanol–water partition coefficient (Wildman–Crippen LogP) is 1.91. The van der Waals surface area contributed by atoms with Crippen molar-refractivity contribution in [1.29, 1.82) is 0 Å². The first-order valence-corrected chi connectivity index (χ1v) is 11.6. The zero-order valence-corrected chi connectivity index (χ0v) is 17.7. The molecule has 1 saturated heterocycles. The fraction of sp³-hybridized carbons (Fsp3) is 0.364. The highest BCUT2D eigenvalue weighted by molar-refractivity contribution is 7.89. The highest BCUT2D eigenvalue weighted by atomic mass is 32.2. The maximum absolute atomic E-state index is 12.9. The molecular formula is C22H24N2O6S. The minimum atomic E-state index is -3.94. The van der Waals surface area contributed by atoms with Gasteiger partial charge in [-0.1, -0.05) is 30.3 Å². The Hall–Kier alpha value is -2.91. The number of hydrogen-bond donors (Lipinski definition) is 2. The number of aromatic carboxylic acids is 1. The lowest BCUT2D eigenvalue weighted by atomic mass is 9.97. The number of benzene rings is 2. The Morgan fingerprint density at radius 2 is 1.74 bits per heavy atom. The van der Waals surface area contributed by atoms with Crippen LogP contribution in [0.3, 0.4) is 0 Å². The summed E-state index contributed by atoms with van der Waals surface area (Å²) in [6, 6.07) is 13.4. The van der Waals surface area contributed by atoms with E-state index < -0.39 is 16.0 Å². The summed E-state index contributed by atoms with van der Waals surface area (Å²) >= 11 is 0. The molecule has 2 N–H and O–H groups in total. The van der Waals surface area contributed by atoms with E-state index in [0.29, 0.717) is 19.4 Å². The lowest BCUT2D eigenvalue weighted by Crippen LogP contribution is -2.44. The van der Waals surface area contributed by atoms with Crippen LogP contribution >= 0.6 is 0 Å². The second-order valence-electron chi connectivity index (χ2n) is 7.78. The number of carboxylic acids is 1. The molecule has 2 aromatic carbocycles. The number of rotatable bonds is 6. The van der Waals surface area contributed by atoms with Gasteiger partial charge in [0.15, 0.2) is 0 Å². The van der Waals surface area contributed by atoms with Gasteiger partial charge in [0.1, 0.15) is 11.9 Å². The van der Waals surface area contributed by atoms with Gasteiger partial charge in [-0.25, -0.2) is 13.2 Å². The number of carboxylic acid groups (broad SMARTS) is 1. The van der Waals surface area contributed by atoms with Crippen LogP contribution in [0.25, 0.3) is 0 Å². The normalized spacial score (nSPS) is 19.4. The third-order valence-corrected chi connectivity index (χ3v) is 7.73. The van der Waals surface area contributed by atoms with Crippen LogP contribution in [0.1, 0.15) is 28.8 Å². The van der Waals surface area contributed by atoms with Gasteiger partial charge in [-0.2, -0.15) is 4.31 Å². The quantitative estimate of drug-likeness (QED) is 0.704. The number of para-hydroxylation sites is 1. The molecule has 164 valence electrons. The number of carbonyl (C=O) groups is 2. The number of fused-ring (bicyclic) bond motifs is 1. The Kier molecular flexibility index (Phi) is 5.97. The third kappa shape index (κ3) is 4.42. The molecule has 8 nitrogen and oxygen atoms in total. The first-order valence-electron chi connectivity index (χ1n) is 10.2. The van der Waals surface area contributed by atoms with E-state index in [4.69, 9.17) is 4.74 Å². The van der Waals surface area contributed by atoms with Crippen molar-refractivity contribution in [1.82, 2.24) is 9.62 Å². The van der Waals surface area contributed by atoms with Gasteiger partial charge >= 0.3 is 5.97 Å². The van der Waals surface area contributed by atoms with Crippen LogP contribution in [0, 0.1) is 5.92 Å². The minimum Gasteiger partial charge on any atom is -0.488 e. The van der Waals surface area contributed by atoms with Gasteiger partial charge in [0.05, 0.1) is 17.0 Å². The summed E-state index contributed by atoms with van der Waals surface area (Å²) in [6.45, 7) is 0.734. The number of sulfonamides is 1. The molecule has 31 heavy (non-hydrogen) atoms. The second-order valence-corrected chi connectivity index (χ2v) is 9.68. The van der Waals surface area contributed by atoms with E-state index in [9.17, 15) is 23.1 Å². The number of piperidine rings is 1. The average molecular weight is 445 g/mol. The van der Waals surface area contributed by atoms with Gasteiger partial charge in [0.25, 0.3) is 0 Å². The largest absolute Gasteiger partial charge is 0.488 e. The summed E-state index contributed by atoms with van der Waals surface area (Å²) in [5, 5.41) is 12.2. The molecule has 2 aromatic rings. The zero-order valence-electron chi connectivity index (χ0n) is 16.9.